The molecule has 3 fully saturated rings. The van der Waals surface area contributed by atoms with Gasteiger partial charge in [0.15, 0.2) is 17.6 Å². The van der Waals surface area contributed by atoms with E-state index in [1.165, 1.54) is 17.0 Å². The second-order valence-corrected chi connectivity index (χ2v) is 17.1. The number of nitrogens with one attached hydrogen (secondary N) is 1. The standard InChI is InChI=1S/C42H43FN10O6S/c1-26-8-10-30(11-9-26)60(55,56)59-40(37-24-53(22-28(3)58-37)36-20-49-34(17-45)39-32(36)7-5-14-47-39)51-15-12-42(43,25-51)41(54)50-18-29-23-52(21-27(2)57-29)35-19-48-33(16-44)38-31(35)6-4-13-46-38/h4-11,13-14,19-20,27-29,37,40H,12,15,18,21-25H2,1-3H3,(H,50,54)/t27-,28-,29+,37-,40?,42?/m1/s1. The van der Waals surface area contributed by atoms with Crippen LogP contribution in [0.25, 0.3) is 21.8 Å². The predicted octanol–water partition coefficient (Wildman–Crippen LogP) is 3.77. The quantitative estimate of drug-likeness (QED) is 0.199. The number of alkyl halides is 1. The van der Waals surface area contributed by atoms with E-state index in [2.05, 4.69) is 42.3 Å². The van der Waals surface area contributed by atoms with Gasteiger partial charge in [-0.2, -0.15) is 18.9 Å². The number of fused-ring (bicyclic) bond motifs is 2. The molecule has 18 heteroatoms. The third-order valence-corrected chi connectivity index (χ3v) is 12.4. The number of anilines is 2. The number of pyridine rings is 4. The molecule has 60 heavy (non-hydrogen) atoms. The third kappa shape index (κ3) is 8.17. The molecule has 4 aromatic heterocycles. The normalized spacial score (nSPS) is 24.2. The average molecular weight is 835 g/mol. The summed E-state index contributed by atoms with van der Waals surface area (Å²) in [5.74, 6) is -0.851. The Kier molecular flexibility index (Phi) is 11.3. The number of amides is 1. The van der Waals surface area contributed by atoms with Crippen molar-refractivity contribution in [2.75, 3.05) is 55.6 Å². The average Bonchev–Trinajstić information content (AvgIpc) is 3.66. The fourth-order valence-electron chi connectivity index (χ4n) is 8.29. The molecule has 0 bridgehead atoms. The van der Waals surface area contributed by atoms with E-state index in [0.29, 0.717) is 41.7 Å². The van der Waals surface area contributed by atoms with E-state index in [0.717, 1.165) is 16.6 Å². The van der Waals surface area contributed by atoms with Crippen LogP contribution in [0.2, 0.25) is 0 Å². The summed E-state index contributed by atoms with van der Waals surface area (Å²) in [5, 5.41) is 23.5. The number of nitriles is 2. The Morgan fingerprint density at radius 1 is 0.900 bits per heavy atom. The molecule has 8 rings (SSSR count). The van der Waals surface area contributed by atoms with Crippen LogP contribution in [0.4, 0.5) is 15.8 Å². The van der Waals surface area contributed by atoms with Gasteiger partial charge in [0.1, 0.15) is 29.3 Å². The molecule has 1 N–H and O–H groups in total. The smallest absolute Gasteiger partial charge is 0.298 e. The van der Waals surface area contributed by atoms with Crippen LogP contribution >= 0.6 is 0 Å². The summed E-state index contributed by atoms with van der Waals surface area (Å²) in [4.78, 5) is 36.7. The Morgan fingerprint density at radius 3 is 2.08 bits per heavy atom. The van der Waals surface area contributed by atoms with E-state index >= 15 is 4.39 Å². The zero-order valence-electron chi connectivity index (χ0n) is 33.2. The van der Waals surface area contributed by atoms with Crippen LogP contribution in [0.3, 0.4) is 0 Å². The van der Waals surface area contributed by atoms with Crippen molar-refractivity contribution in [3.8, 4) is 12.1 Å². The fourth-order valence-corrected chi connectivity index (χ4v) is 9.38. The molecule has 0 saturated carbocycles. The number of aromatic nitrogens is 4. The maximum Gasteiger partial charge on any atom is 0.298 e. The molecule has 1 amide bonds. The van der Waals surface area contributed by atoms with Crippen molar-refractivity contribution in [2.24, 2.45) is 0 Å². The minimum Gasteiger partial charge on any atom is -0.370 e. The van der Waals surface area contributed by atoms with Gasteiger partial charge in [-0.25, -0.2) is 18.5 Å². The SMILES string of the molecule is Cc1ccc(S(=O)(=O)OC([C@H]2CN(c3cnc(C#N)c4ncccc34)C[C@@H](C)O2)N2CCC(F)(C(=O)NC[C@H]3CN(c4cnc(C#N)c5ncccc45)C[C@@H](C)O3)C2)cc1. The van der Waals surface area contributed by atoms with Crippen molar-refractivity contribution in [1.82, 2.24) is 30.2 Å². The van der Waals surface area contributed by atoms with Gasteiger partial charge >= 0.3 is 0 Å². The summed E-state index contributed by atoms with van der Waals surface area (Å²) < 4.78 is 63.3. The van der Waals surface area contributed by atoms with E-state index in [1.807, 2.05) is 37.8 Å². The number of halogens is 1. The summed E-state index contributed by atoms with van der Waals surface area (Å²) >= 11 is 0. The summed E-state index contributed by atoms with van der Waals surface area (Å²) in [6, 6.07) is 17.6. The van der Waals surface area contributed by atoms with Gasteiger partial charge in [0.25, 0.3) is 16.0 Å². The molecule has 3 saturated heterocycles. The number of benzene rings is 1. The lowest BCUT2D eigenvalue weighted by molar-refractivity contribution is -0.137. The molecule has 5 aromatic rings. The summed E-state index contributed by atoms with van der Waals surface area (Å²) in [6.45, 7) is 6.51. The van der Waals surface area contributed by atoms with Gasteiger partial charge in [0.2, 0.25) is 5.67 Å². The number of likely N-dealkylation sites (tertiary alicyclic amines) is 1. The number of aryl methyl sites for hydroxylation is 1. The van der Waals surface area contributed by atoms with Gasteiger partial charge in [-0.3, -0.25) is 19.7 Å². The molecule has 0 aliphatic carbocycles. The Morgan fingerprint density at radius 2 is 1.48 bits per heavy atom. The molecule has 3 aliphatic heterocycles. The highest BCUT2D eigenvalue weighted by Crippen LogP contribution is 2.35. The fraction of sp³-hybridized carbons (Fsp3) is 0.405. The Hall–Kier alpha value is -5.89. The van der Waals surface area contributed by atoms with Crippen molar-refractivity contribution in [1.29, 1.82) is 10.5 Å². The van der Waals surface area contributed by atoms with Crippen molar-refractivity contribution in [3.05, 3.63) is 90.3 Å². The highest BCUT2D eigenvalue weighted by molar-refractivity contribution is 7.86. The van der Waals surface area contributed by atoms with Crippen LogP contribution in [-0.2, 0) is 28.6 Å². The minimum atomic E-state index is -4.41. The number of nitrogens with zero attached hydrogens (tertiary/aromatic N) is 9. The number of carbonyl (C=O) groups is 1. The lowest BCUT2D eigenvalue weighted by atomic mass is 10.0. The number of carbonyl (C=O) groups excluding carboxylic acids is 1. The molecular formula is C42H43FN10O6S. The van der Waals surface area contributed by atoms with Crippen LogP contribution in [0.15, 0.2) is 78.2 Å². The van der Waals surface area contributed by atoms with Crippen molar-refractivity contribution in [2.45, 2.75) is 68.4 Å². The Bertz CT molecular complexity index is 2620. The molecule has 1 aromatic carbocycles. The highest BCUT2D eigenvalue weighted by atomic mass is 32.2. The summed E-state index contributed by atoms with van der Waals surface area (Å²) in [6.07, 6.45) is 2.72. The largest absolute Gasteiger partial charge is 0.370 e. The molecule has 3 aliphatic rings. The number of ether oxygens (including phenoxy) is 2. The number of morpholine rings is 2. The first-order valence-corrected chi connectivity index (χ1v) is 21.1. The maximum atomic E-state index is 16.9. The molecule has 0 spiro atoms. The van der Waals surface area contributed by atoms with Crippen molar-refractivity contribution in [3.63, 3.8) is 0 Å². The van der Waals surface area contributed by atoms with Gasteiger partial charge in [-0.15, -0.1) is 0 Å². The number of rotatable bonds is 10. The monoisotopic (exact) mass is 834 g/mol. The van der Waals surface area contributed by atoms with Crippen LogP contribution in [0, 0.1) is 29.6 Å². The van der Waals surface area contributed by atoms with E-state index in [-0.39, 0.29) is 48.4 Å². The summed E-state index contributed by atoms with van der Waals surface area (Å²) in [7, 11) is -4.41. The zero-order chi connectivity index (χ0) is 42.2. The van der Waals surface area contributed by atoms with E-state index in [4.69, 9.17) is 13.7 Å². The first-order chi connectivity index (χ1) is 28.9. The van der Waals surface area contributed by atoms with Crippen LogP contribution in [0.1, 0.15) is 37.2 Å². The highest BCUT2D eigenvalue weighted by Gasteiger charge is 2.50. The zero-order valence-corrected chi connectivity index (χ0v) is 34.0. The second-order valence-electron chi connectivity index (χ2n) is 15.5. The molecule has 310 valence electrons. The van der Waals surface area contributed by atoms with Gasteiger partial charge < -0.3 is 24.6 Å². The van der Waals surface area contributed by atoms with Crippen LogP contribution in [-0.4, -0.2) is 121 Å². The van der Waals surface area contributed by atoms with Gasteiger partial charge in [0.05, 0.1) is 47.0 Å². The topological polar surface area (TPSA) is 200 Å². The molecule has 16 nitrogen and oxygen atoms in total. The van der Waals surface area contributed by atoms with Gasteiger partial charge in [0, 0.05) is 75.4 Å². The molecule has 7 heterocycles. The molecule has 0 radical (unpaired) electrons. The minimum absolute atomic E-state index is 0.00490. The first-order valence-electron chi connectivity index (χ1n) is 19.7. The predicted molar refractivity (Wildman–Crippen MR) is 218 cm³/mol. The van der Waals surface area contributed by atoms with Crippen LogP contribution in [0.5, 0.6) is 0 Å². The van der Waals surface area contributed by atoms with E-state index in [1.54, 1.807) is 49.1 Å². The maximum absolute atomic E-state index is 16.9. The molecule has 6 atom stereocenters. The first kappa shape index (κ1) is 40.9. The number of hydrogen-bond donors (Lipinski definition) is 1. The van der Waals surface area contributed by atoms with Gasteiger partial charge in [-0.1, -0.05) is 17.7 Å². The third-order valence-electron chi connectivity index (χ3n) is 11.1. The van der Waals surface area contributed by atoms with E-state index < -0.39 is 52.8 Å². The lowest BCUT2D eigenvalue weighted by Crippen LogP contribution is -2.58. The molecule has 2 unspecified atom stereocenters. The Labute approximate surface area is 346 Å². The molecular weight excluding hydrogens is 792 g/mol. The number of hydrogen-bond acceptors (Lipinski definition) is 15. The second kappa shape index (κ2) is 16.6. The van der Waals surface area contributed by atoms with E-state index in [9.17, 15) is 23.7 Å². The Balaban J connectivity index is 1.01. The summed E-state index contributed by atoms with van der Waals surface area (Å²) in [5.41, 5.74) is 1.19. The van der Waals surface area contributed by atoms with Gasteiger partial charge in [-0.05, 0) is 57.2 Å². The van der Waals surface area contributed by atoms with Crippen molar-refractivity contribution >= 4 is 49.2 Å². The van der Waals surface area contributed by atoms with Crippen LogP contribution < -0.4 is 15.1 Å². The lowest BCUT2D eigenvalue weighted by Gasteiger charge is -2.43. The van der Waals surface area contributed by atoms with Crippen molar-refractivity contribution < 1.29 is 31.3 Å².